The molecule has 0 unspecified atom stereocenters. The van der Waals surface area contributed by atoms with Crippen LogP contribution in [0.1, 0.15) is 30.1 Å². The van der Waals surface area contributed by atoms with E-state index in [9.17, 15) is 14.0 Å². The van der Waals surface area contributed by atoms with Crippen LogP contribution in [0.4, 0.5) is 4.39 Å². The van der Waals surface area contributed by atoms with Gasteiger partial charge in [-0.2, -0.15) is 0 Å². The van der Waals surface area contributed by atoms with Crippen molar-refractivity contribution in [1.82, 2.24) is 29.3 Å². The summed E-state index contributed by atoms with van der Waals surface area (Å²) in [5.74, 6) is -0.272. The molecule has 1 saturated heterocycles. The molecule has 1 fully saturated rings. The predicted molar refractivity (Wildman–Crippen MR) is 115 cm³/mol. The van der Waals surface area contributed by atoms with Crippen LogP contribution in [0.15, 0.2) is 40.2 Å². The fraction of sp³-hybridized carbons (Fsp3) is 0.455. The Morgan fingerprint density at radius 2 is 1.94 bits per heavy atom. The number of hydrogen-bond donors (Lipinski definition) is 1. The van der Waals surface area contributed by atoms with Crippen molar-refractivity contribution in [3.05, 3.63) is 68.4 Å². The Bertz CT molecular complexity index is 1240. The SMILES string of the molecule is Cc1ncc(CNC2CCN(C[C@@H]3Cn4c(=O)ccc5ncc(=O)n3c54)CC2)cc1F. The Labute approximate surface area is 178 Å². The molecule has 31 heavy (non-hydrogen) atoms. The first kappa shape index (κ1) is 20.0. The third-order valence-corrected chi connectivity index (χ3v) is 6.41. The lowest BCUT2D eigenvalue weighted by molar-refractivity contribution is 0.171. The topological polar surface area (TPSA) is 85.1 Å². The van der Waals surface area contributed by atoms with Crippen LogP contribution >= 0.6 is 0 Å². The third-order valence-electron chi connectivity index (χ3n) is 6.41. The number of aromatic nitrogens is 4. The molecule has 3 aromatic rings. The van der Waals surface area contributed by atoms with Crippen molar-refractivity contribution in [1.29, 1.82) is 0 Å². The zero-order chi connectivity index (χ0) is 21.5. The smallest absolute Gasteiger partial charge is 0.270 e. The molecule has 9 heteroatoms. The van der Waals surface area contributed by atoms with Crippen LogP contribution in [0.5, 0.6) is 0 Å². The minimum Gasteiger partial charge on any atom is -0.310 e. The number of nitrogens with zero attached hydrogens (tertiary/aromatic N) is 5. The fourth-order valence-electron chi connectivity index (χ4n) is 4.69. The molecule has 0 radical (unpaired) electrons. The average molecular weight is 424 g/mol. The van der Waals surface area contributed by atoms with Crippen LogP contribution < -0.4 is 16.4 Å². The van der Waals surface area contributed by atoms with Gasteiger partial charge in [0, 0.05) is 37.9 Å². The van der Waals surface area contributed by atoms with Gasteiger partial charge in [0.05, 0.1) is 17.9 Å². The molecule has 2 aliphatic heterocycles. The normalized spacial score (nSPS) is 19.4. The Hall–Kier alpha value is -2.91. The summed E-state index contributed by atoms with van der Waals surface area (Å²) < 4.78 is 17.1. The molecule has 0 bridgehead atoms. The van der Waals surface area contributed by atoms with E-state index in [1.165, 1.54) is 18.3 Å². The van der Waals surface area contributed by atoms with Gasteiger partial charge >= 0.3 is 0 Å². The van der Waals surface area contributed by atoms with Crippen molar-refractivity contribution < 1.29 is 4.39 Å². The molecular weight excluding hydrogens is 399 g/mol. The van der Waals surface area contributed by atoms with Crippen molar-refractivity contribution in [2.75, 3.05) is 19.6 Å². The van der Waals surface area contributed by atoms with E-state index < -0.39 is 0 Å². The van der Waals surface area contributed by atoms with E-state index in [0.29, 0.717) is 36.0 Å². The largest absolute Gasteiger partial charge is 0.310 e. The maximum atomic E-state index is 13.7. The average Bonchev–Trinajstić information content (AvgIpc) is 3.15. The fourth-order valence-corrected chi connectivity index (χ4v) is 4.69. The van der Waals surface area contributed by atoms with Crippen molar-refractivity contribution in [2.24, 2.45) is 0 Å². The molecule has 0 saturated carbocycles. The zero-order valence-electron chi connectivity index (χ0n) is 17.4. The van der Waals surface area contributed by atoms with Gasteiger partial charge in [-0.05, 0) is 50.6 Å². The number of halogens is 1. The summed E-state index contributed by atoms with van der Waals surface area (Å²) in [4.78, 5) is 35.4. The van der Waals surface area contributed by atoms with Gasteiger partial charge in [-0.1, -0.05) is 0 Å². The summed E-state index contributed by atoms with van der Waals surface area (Å²) in [7, 11) is 0. The first-order valence-electron chi connectivity index (χ1n) is 10.7. The Kier molecular flexibility index (Phi) is 5.15. The van der Waals surface area contributed by atoms with E-state index in [1.807, 2.05) is 0 Å². The summed E-state index contributed by atoms with van der Waals surface area (Å²) in [5, 5.41) is 3.50. The molecule has 0 amide bonds. The van der Waals surface area contributed by atoms with Crippen molar-refractivity contribution >= 4 is 11.2 Å². The highest BCUT2D eigenvalue weighted by Gasteiger charge is 2.29. The molecule has 2 aliphatic rings. The summed E-state index contributed by atoms with van der Waals surface area (Å²) in [5.41, 5.74) is 2.30. The van der Waals surface area contributed by atoms with E-state index in [2.05, 4.69) is 20.2 Å². The molecular formula is C22H25FN6O2. The summed E-state index contributed by atoms with van der Waals surface area (Å²) in [6, 6.07) is 5.02. The lowest BCUT2D eigenvalue weighted by Crippen LogP contribution is -2.44. The molecule has 1 atom stereocenters. The number of nitrogens with one attached hydrogen (secondary N) is 1. The second kappa shape index (κ2) is 7.97. The summed E-state index contributed by atoms with van der Waals surface area (Å²) in [6.07, 6.45) is 5.01. The van der Waals surface area contributed by atoms with Gasteiger partial charge in [-0.3, -0.25) is 23.7 Å². The summed E-state index contributed by atoms with van der Waals surface area (Å²) in [6.45, 7) is 5.29. The number of rotatable bonds is 5. The maximum Gasteiger partial charge on any atom is 0.270 e. The molecule has 3 aromatic heterocycles. The second-order valence-corrected chi connectivity index (χ2v) is 8.48. The quantitative estimate of drug-likeness (QED) is 0.663. The molecule has 5 rings (SSSR count). The van der Waals surface area contributed by atoms with E-state index in [4.69, 9.17) is 0 Å². The predicted octanol–water partition coefficient (Wildman–Crippen LogP) is 1.21. The Morgan fingerprint density at radius 1 is 1.13 bits per heavy atom. The van der Waals surface area contributed by atoms with Gasteiger partial charge in [-0.25, -0.2) is 9.37 Å². The van der Waals surface area contributed by atoms with Gasteiger partial charge in [0.1, 0.15) is 17.0 Å². The first-order chi connectivity index (χ1) is 15.0. The lowest BCUT2D eigenvalue weighted by atomic mass is 10.0. The lowest BCUT2D eigenvalue weighted by Gasteiger charge is -2.34. The number of piperidine rings is 1. The van der Waals surface area contributed by atoms with Crippen LogP contribution in [-0.4, -0.2) is 49.7 Å². The van der Waals surface area contributed by atoms with Crippen LogP contribution in [-0.2, 0) is 13.1 Å². The molecule has 162 valence electrons. The number of aryl methyl sites for hydroxylation is 1. The van der Waals surface area contributed by atoms with Crippen LogP contribution in [0.25, 0.3) is 11.2 Å². The van der Waals surface area contributed by atoms with Crippen molar-refractivity contribution in [3.8, 4) is 0 Å². The monoisotopic (exact) mass is 424 g/mol. The number of likely N-dealkylation sites (tertiary alicyclic amines) is 1. The Balaban J connectivity index is 1.21. The molecule has 0 spiro atoms. The minimum absolute atomic E-state index is 0.0702. The highest BCUT2D eigenvalue weighted by molar-refractivity contribution is 5.71. The molecule has 5 heterocycles. The highest BCUT2D eigenvalue weighted by Crippen LogP contribution is 2.24. The zero-order valence-corrected chi connectivity index (χ0v) is 17.4. The van der Waals surface area contributed by atoms with E-state index in [0.717, 1.165) is 38.0 Å². The second-order valence-electron chi connectivity index (χ2n) is 8.48. The number of hydrogen-bond acceptors (Lipinski definition) is 6. The van der Waals surface area contributed by atoms with Crippen molar-refractivity contribution in [2.45, 2.75) is 44.9 Å². The maximum absolute atomic E-state index is 13.7. The highest BCUT2D eigenvalue weighted by atomic mass is 19.1. The number of pyridine rings is 2. The van der Waals surface area contributed by atoms with Crippen LogP contribution in [0, 0.1) is 12.7 Å². The van der Waals surface area contributed by atoms with Gasteiger partial charge < -0.3 is 10.2 Å². The van der Waals surface area contributed by atoms with Crippen LogP contribution in [0.2, 0.25) is 0 Å². The van der Waals surface area contributed by atoms with Gasteiger partial charge in [-0.15, -0.1) is 0 Å². The van der Waals surface area contributed by atoms with Gasteiger partial charge in [0.2, 0.25) is 0 Å². The first-order valence-corrected chi connectivity index (χ1v) is 10.7. The van der Waals surface area contributed by atoms with E-state index >= 15 is 0 Å². The van der Waals surface area contributed by atoms with Crippen LogP contribution in [0.3, 0.4) is 0 Å². The van der Waals surface area contributed by atoms with E-state index in [1.54, 1.807) is 28.3 Å². The molecule has 0 aromatic carbocycles. The van der Waals surface area contributed by atoms with Gasteiger partial charge in [0.25, 0.3) is 11.1 Å². The summed E-state index contributed by atoms with van der Waals surface area (Å²) >= 11 is 0. The molecule has 0 aliphatic carbocycles. The van der Waals surface area contributed by atoms with Crippen molar-refractivity contribution in [3.63, 3.8) is 0 Å². The third kappa shape index (κ3) is 3.79. The van der Waals surface area contributed by atoms with E-state index in [-0.39, 0.29) is 23.0 Å². The Morgan fingerprint density at radius 3 is 2.71 bits per heavy atom. The molecule has 1 N–H and O–H groups in total. The van der Waals surface area contributed by atoms with Gasteiger partial charge in [0.15, 0.2) is 0 Å². The minimum atomic E-state index is -0.272. The molecule has 8 nitrogen and oxygen atoms in total. The standard InChI is InChI=1S/C22H25FN6O2/c1-14-18(23)8-15(9-24-14)10-25-16-4-6-27(7-5-16)12-17-13-28-20(30)3-2-19-22(28)29(17)21(31)11-26-19/h2-3,8-9,11,16-17,25H,4-7,10,12-13H2,1H3/t17-/m1/s1.